The Kier molecular flexibility index (Phi) is 6.36. The lowest BCUT2D eigenvalue weighted by molar-refractivity contribution is -0.122. The van der Waals surface area contributed by atoms with Crippen LogP contribution in [-0.4, -0.2) is 33.3 Å². The third kappa shape index (κ3) is 4.70. The Bertz CT molecular complexity index is 733. The van der Waals surface area contributed by atoms with Crippen LogP contribution in [-0.2, 0) is 4.79 Å². The minimum absolute atomic E-state index is 0.335. The third-order valence-electron chi connectivity index (χ3n) is 3.47. The quantitative estimate of drug-likeness (QED) is 0.809. The van der Waals surface area contributed by atoms with Gasteiger partial charge in [0.25, 0.3) is 5.91 Å². The maximum Gasteiger partial charge on any atom is 0.265 e. The molecule has 2 aromatic rings. The van der Waals surface area contributed by atoms with Crippen LogP contribution in [0.4, 0.5) is 5.69 Å². The molecule has 0 bridgehead atoms. The van der Waals surface area contributed by atoms with Crippen LogP contribution in [0.15, 0.2) is 36.4 Å². The summed E-state index contributed by atoms with van der Waals surface area (Å²) in [5.41, 5.74) is 0.443. The molecule has 0 saturated heterocycles. The molecule has 7 heteroatoms. The predicted molar refractivity (Wildman–Crippen MR) is 96.3 cm³/mol. The summed E-state index contributed by atoms with van der Waals surface area (Å²) < 4.78 is 21.1. The van der Waals surface area contributed by atoms with Gasteiger partial charge in [0.1, 0.15) is 23.0 Å². The fraction of sp³-hybridized carbons (Fsp3) is 0.278. The molecule has 25 heavy (non-hydrogen) atoms. The van der Waals surface area contributed by atoms with E-state index in [1.54, 1.807) is 50.4 Å². The Morgan fingerprint density at radius 1 is 0.960 bits per heavy atom. The number of rotatable bonds is 7. The predicted octanol–water partition coefficient (Wildman–Crippen LogP) is 3.77. The van der Waals surface area contributed by atoms with Gasteiger partial charge in [-0.05, 0) is 31.2 Å². The van der Waals surface area contributed by atoms with Crippen molar-refractivity contribution in [3.63, 3.8) is 0 Å². The Hall–Kier alpha value is -2.60. The maximum atomic E-state index is 12.4. The highest BCUT2D eigenvalue weighted by Crippen LogP contribution is 2.36. The molecule has 2 aromatic carbocycles. The molecule has 0 spiro atoms. The molecular formula is C18H20ClNO5. The molecule has 0 radical (unpaired) electrons. The summed E-state index contributed by atoms with van der Waals surface area (Å²) in [6.45, 7) is 1.65. The number of amides is 1. The number of carbonyl (C=O) groups is 1. The smallest absolute Gasteiger partial charge is 0.265 e. The maximum absolute atomic E-state index is 12.4. The van der Waals surface area contributed by atoms with E-state index < -0.39 is 6.10 Å². The zero-order valence-electron chi connectivity index (χ0n) is 14.5. The topological polar surface area (TPSA) is 66.0 Å². The second kappa shape index (κ2) is 8.48. The van der Waals surface area contributed by atoms with Gasteiger partial charge < -0.3 is 24.3 Å². The molecule has 6 nitrogen and oxygen atoms in total. The number of carbonyl (C=O) groups excluding carboxylic acids is 1. The molecule has 0 fully saturated rings. The van der Waals surface area contributed by atoms with Crippen molar-refractivity contribution in [2.75, 3.05) is 26.6 Å². The van der Waals surface area contributed by atoms with Gasteiger partial charge in [0, 0.05) is 12.1 Å². The first-order valence-electron chi connectivity index (χ1n) is 7.51. The van der Waals surface area contributed by atoms with E-state index in [4.69, 9.17) is 30.5 Å². The van der Waals surface area contributed by atoms with Crippen molar-refractivity contribution in [1.82, 2.24) is 0 Å². The van der Waals surface area contributed by atoms with E-state index in [0.29, 0.717) is 33.7 Å². The molecule has 2 rings (SSSR count). The van der Waals surface area contributed by atoms with Gasteiger partial charge in [0.05, 0.1) is 32.0 Å². The van der Waals surface area contributed by atoms with Gasteiger partial charge >= 0.3 is 0 Å². The van der Waals surface area contributed by atoms with Gasteiger partial charge in [0.2, 0.25) is 0 Å². The molecule has 0 unspecified atom stereocenters. The number of hydrogen-bond acceptors (Lipinski definition) is 5. The van der Waals surface area contributed by atoms with Crippen molar-refractivity contribution >= 4 is 23.2 Å². The molecule has 0 aliphatic carbocycles. The first-order chi connectivity index (χ1) is 12.0. The zero-order chi connectivity index (χ0) is 18.4. The number of benzene rings is 2. The van der Waals surface area contributed by atoms with E-state index in [1.165, 1.54) is 14.2 Å². The van der Waals surface area contributed by atoms with Crippen LogP contribution in [0.3, 0.4) is 0 Å². The van der Waals surface area contributed by atoms with E-state index in [9.17, 15) is 4.79 Å². The van der Waals surface area contributed by atoms with Crippen LogP contribution in [0.1, 0.15) is 6.92 Å². The third-order valence-corrected chi connectivity index (χ3v) is 3.77. The molecule has 0 saturated carbocycles. The minimum Gasteiger partial charge on any atom is -0.497 e. The van der Waals surface area contributed by atoms with Crippen molar-refractivity contribution in [3.05, 3.63) is 41.4 Å². The zero-order valence-corrected chi connectivity index (χ0v) is 15.2. The van der Waals surface area contributed by atoms with Crippen LogP contribution in [0, 0.1) is 0 Å². The monoisotopic (exact) mass is 365 g/mol. The normalized spacial score (nSPS) is 11.4. The van der Waals surface area contributed by atoms with Gasteiger partial charge in [0.15, 0.2) is 6.10 Å². The number of halogens is 1. The molecule has 0 aromatic heterocycles. The van der Waals surface area contributed by atoms with Crippen LogP contribution < -0.4 is 24.3 Å². The number of nitrogens with one attached hydrogen (secondary N) is 1. The van der Waals surface area contributed by atoms with Crippen LogP contribution in [0.5, 0.6) is 23.0 Å². The molecule has 0 heterocycles. The number of anilines is 1. The van der Waals surface area contributed by atoms with Crippen LogP contribution in [0.25, 0.3) is 0 Å². The summed E-state index contributed by atoms with van der Waals surface area (Å²) in [6.07, 6.45) is -0.722. The van der Waals surface area contributed by atoms with Crippen LogP contribution >= 0.6 is 11.6 Å². The lowest BCUT2D eigenvalue weighted by Crippen LogP contribution is -2.30. The molecule has 0 aliphatic heterocycles. The van der Waals surface area contributed by atoms with Gasteiger partial charge in [-0.2, -0.15) is 0 Å². The van der Waals surface area contributed by atoms with Crippen molar-refractivity contribution in [2.45, 2.75) is 13.0 Å². The molecule has 1 amide bonds. The van der Waals surface area contributed by atoms with E-state index in [0.717, 1.165) is 0 Å². The Balaban J connectivity index is 2.09. The first kappa shape index (κ1) is 18.7. The van der Waals surface area contributed by atoms with Gasteiger partial charge in [-0.1, -0.05) is 11.6 Å². The Labute approximate surface area is 151 Å². The standard InChI is InChI=1S/C18H20ClNO5/c1-11(25-13-7-5-12(22-2)6-8-13)18(21)20-15-10-16(23-3)14(19)9-17(15)24-4/h5-11H,1-4H3,(H,20,21)/t11-/m0/s1. The summed E-state index contributed by atoms with van der Waals surface area (Å²) in [4.78, 5) is 12.4. The first-order valence-corrected chi connectivity index (χ1v) is 7.89. The van der Waals surface area contributed by atoms with Crippen molar-refractivity contribution in [2.24, 2.45) is 0 Å². The molecule has 0 aliphatic rings. The van der Waals surface area contributed by atoms with E-state index in [-0.39, 0.29) is 5.91 Å². The minimum atomic E-state index is -0.722. The molecule has 1 N–H and O–H groups in total. The van der Waals surface area contributed by atoms with Crippen molar-refractivity contribution < 1.29 is 23.7 Å². The Morgan fingerprint density at radius 3 is 2.12 bits per heavy atom. The molecule has 1 atom stereocenters. The highest BCUT2D eigenvalue weighted by molar-refractivity contribution is 6.32. The summed E-state index contributed by atoms with van der Waals surface area (Å²) in [7, 11) is 4.57. The second-order valence-corrected chi connectivity index (χ2v) is 5.52. The number of hydrogen-bond donors (Lipinski definition) is 1. The average Bonchev–Trinajstić information content (AvgIpc) is 2.63. The van der Waals surface area contributed by atoms with Crippen LogP contribution in [0.2, 0.25) is 5.02 Å². The lowest BCUT2D eigenvalue weighted by Gasteiger charge is -2.17. The number of ether oxygens (including phenoxy) is 4. The Morgan fingerprint density at radius 2 is 1.56 bits per heavy atom. The largest absolute Gasteiger partial charge is 0.497 e. The van der Waals surface area contributed by atoms with E-state index in [2.05, 4.69) is 5.32 Å². The molecule has 134 valence electrons. The lowest BCUT2D eigenvalue weighted by atomic mass is 10.2. The van der Waals surface area contributed by atoms with Gasteiger partial charge in [-0.3, -0.25) is 4.79 Å². The SMILES string of the molecule is COc1ccc(O[C@@H](C)C(=O)Nc2cc(OC)c(Cl)cc2OC)cc1. The molecular weight excluding hydrogens is 346 g/mol. The number of methoxy groups -OCH3 is 3. The summed E-state index contributed by atoms with van der Waals surface area (Å²) in [6, 6.07) is 10.1. The van der Waals surface area contributed by atoms with Crippen molar-refractivity contribution in [3.8, 4) is 23.0 Å². The summed E-state index contributed by atoms with van der Waals surface area (Å²) in [5, 5.41) is 3.14. The van der Waals surface area contributed by atoms with Crippen molar-refractivity contribution in [1.29, 1.82) is 0 Å². The summed E-state index contributed by atoms with van der Waals surface area (Å²) in [5.74, 6) is 1.79. The fourth-order valence-corrected chi connectivity index (χ4v) is 2.34. The van der Waals surface area contributed by atoms with Gasteiger partial charge in [-0.25, -0.2) is 0 Å². The summed E-state index contributed by atoms with van der Waals surface area (Å²) >= 11 is 6.06. The van der Waals surface area contributed by atoms with E-state index in [1.807, 2.05) is 0 Å². The van der Waals surface area contributed by atoms with Gasteiger partial charge in [-0.15, -0.1) is 0 Å². The van der Waals surface area contributed by atoms with E-state index >= 15 is 0 Å². The highest BCUT2D eigenvalue weighted by Gasteiger charge is 2.18. The fourth-order valence-electron chi connectivity index (χ4n) is 2.10. The highest BCUT2D eigenvalue weighted by atomic mass is 35.5. The second-order valence-electron chi connectivity index (χ2n) is 5.11. The average molecular weight is 366 g/mol.